The number of hydrogen-bond donors (Lipinski definition) is 1. The zero-order valence-electron chi connectivity index (χ0n) is 13.7. The summed E-state index contributed by atoms with van der Waals surface area (Å²) >= 11 is 0. The molecule has 0 unspecified atom stereocenters. The molecular formula is C16H16N6O3. The van der Waals surface area contributed by atoms with E-state index in [9.17, 15) is 14.9 Å². The zero-order valence-corrected chi connectivity index (χ0v) is 13.7. The number of rotatable bonds is 5. The minimum Gasteiger partial charge on any atom is -0.320 e. The summed E-state index contributed by atoms with van der Waals surface area (Å²) in [5, 5.41) is 22.0. The maximum Gasteiger partial charge on any atom is 0.322 e. The second-order valence-corrected chi connectivity index (χ2v) is 5.52. The zero-order chi connectivity index (χ0) is 18.0. The van der Waals surface area contributed by atoms with Crippen molar-refractivity contribution in [3.63, 3.8) is 0 Å². The van der Waals surface area contributed by atoms with Crippen molar-refractivity contribution in [1.29, 1.82) is 0 Å². The Balaban J connectivity index is 1.82. The molecule has 0 fully saturated rings. The summed E-state index contributed by atoms with van der Waals surface area (Å²) in [6, 6.07) is 9.04. The van der Waals surface area contributed by atoms with E-state index in [2.05, 4.69) is 15.5 Å². The van der Waals surface area contributed by atoms with Crippen LogP contribution < -0.4 is 5.32 Å². The molecule has 9 nitrogen and oxygen atoms in total. The molecule has 0 spiro atoms. The van der Waals surface area contributed by atoms with E-state index < -0.39 is 10.8 Å². The van der Waals surface area contributed by atoms with Gasteiger partial charge in [-0.25, -0.2) is 0 Å². The molecule has 0 bridgehead atoms. The fourth-order valence-corrected chi connectivity index (χ4v) is 2.49. The molecule has 3 rings (SSSR count). The highest BCUT2D eigenvalue weighted by atomic mass is 16.6. The van der Waals surface area contributed by atoms with Gasteiger partial charge in [-0.2, -0.15) is 10.2 Å². The SMILES string of the molecule is Cc1c([N+](=O)[O-])c(C(=O)Nc2cccc(Cn3cccn3)c2)nn1C. The minimum absolute atomic E-state index is 0.206. The Morgan fingerprint density at radius 3 is 2.84 bits per heavy atom. The van der Waals surface area contributed by atoms with Crippen LogP contribution >= 0.6 is 0 Å². The Bertz CT molecular complexity index is 930. The van der Waals surface area contributed by atoms with Crippen molar-refractivity contribution >= 4 is 17.3 Å². The predicted molar refractivity (Wildman–Crippen MR) is 90.3 cm³/mol. The first-order chi connectivity index (χ1) is 12.0. The third-order valence-electron chi connectivity index (χ3n) is 3.79. The lowest BCUT2D eigenvalue weighted by Gasteiger charge is -2.07. The first-order valence-corrected chi connectivity index (χ1v) is 7.51. The molecule has 0 aliphatic carbocycles. The molecule has 3 aromatic rings. The summed E-state index contributed by atoms with van der Waals surface area (Å²) < 4.78 is 3.08. The maximum absolute atomic E-state index is 12.4. The number of amides is 1. The van der Waals surface area contributed by atoms with Gasteiger partial charge < -0.3 is 5.32 Å². The van der Waals surface area contributed by atoms with Gasteiger partial charge in [0.1, 0.15) is 5.69 Å². The number of nitrogens with zero attached hydrogens (tertiary/aromatic N) is 5. The molecule has 1 amide bonds. The van der Waals surface area contributed by atoms with E-state index in [0.717, 1.165) is 5.56 Å². The lowest BCUT2D eigenvalue weighted by molar-refractivity contribution is -0.385. The van der Waals surface area contributed by atoms with Gasteiger partial charge in [-0.1, -0.05) is 12.1 Å². The van der Waals surface area contributed by atoms with Crippen molar-refractivity contribution in [2.45, 2.75) is 13.5 Å². The third kappa shape index (κ3) is 3.39. The Hall–Kier alpha value is -3.49. The number of aromatic nitrogens is 4. The van der Waals surface area contributed by atoms with Crippen LogP contribution in [0.25, 0.3) is 0 Å². The Morgan fingerprint density at radius 1 is 1.36 bits per heavy atom. The van der Waals surface area contributed by atoms with E-state index in [-0.39, 0.29) is 11.4 Å². The number of aryl methyl sites for hydroxylation is 1. The van der Waals surface area contributed by atoms with Gasteiger partial charge in [0, 0.05) is 25.1 Å². The Labute approximate surface area is 143 Å². The molecule has 1 aromatic carbocycles. The summed E-state index contributed by atoms with van der Waals surface area (Å²) in [5.74, 6) is -0.619. The number of benzene rings is 1. The van der Waals surface area contributed by atoms with Gasteiger partial charge in [0.25, 0.3) is 5.91 Å². The topological polar surface area (TPSA) is 108 Å². The molecule has 25 heavy (non-hydrogen) atoms. The molecule has 9 heteroatoms. The highest BCUT2D eigenvalue weighted by Crippen LogP contribution is 2.23. The highest BCUT2D eigenvalue weighted by molar-refractivity contribution is 6.05. The first kappa shape index (κ1) is 16.4. The van der Waals surface area contributed by atoms with E-state index in [1.165, 1.54) is 4.68 Å². The fraction of sp³-hybridized carbons (Fsp3) is 0.188. The number of nitrogens with one attached hydrogen (secondary N) is 1. The van der Waals surface area contributed by atoms with E-state index >= 15 is 0 Å². The number of nitro groups is 1. The van der Waals surface area contributed by atoms with Gasteiger partial charge >= 0.3 is 5.69 Å². The minimum atomic E-state index is -0.619. The van der Waals surface area contributed by atoms with Crippen molar-refractivity contribution in [3.8, 4) is 0 Å². The van der Waals surface area contributed by atoms with Crippen molar-refractivity contribution in [1.82, 2.24) is 19.6 Å². The second kappa shape index (κ2) is 6.56. The average molecular weight is 340 g/mol. The van der Waals surface area contributed by atoms with Crippen LogP contribution in [0.2, 0.25) is 0 Å². The largest absolute Gasteiger partial charge is 0.322 e. The van der Waals surface area contributed by atoms with Crippen molar-refractivity contribution in [2.75, 3.05) is 5.32 Å². The average Bonchev–Trinajstić information content (AvgIpc) is 3.16. The third-order valence-corrected chi connectivity index (χ3v) is 3.79. The number of hydrogen-bond acceptors (Lipinski definition) is 5. The van der Waals surface area contributed by atoms with Crippen LogP contribution in [0.1, 0.15) is 21.7 Å². The number of anilines is 1. The quantitative estimate of drug-likeness (QED) is 0.565. The lowest BCUT2D eigenvalue weighted by Crippen LogP contribution is -2.15. The summed E-state index contributed by atoms with van der Waals surface area (Å²) in [7, 11) is 1.56. The van der Waals surface area contributed by atoms with E-state index in [0.29, 0.717) is 17.9 Å². The monoisotopic (exact) mass is 340 g/mol. The molecule has 2 aromatic heterocycles. The van der Waals surface area contributed by atoms with Gasteiger partial charge in [-0.3, -0.25) is 24.3 Å². The molecular weight excluding hydrogens is 324 g/mol. The first-order valence-electron chi connectivity index (χ1n) is 7.51. The normalized spacial score (nSPS) is 10.6. The molecule has 2 heterocycles. The smallest absolute Gasteiger partial charge is 0.320 e. The van der Waals surface area contributed by atoms with Gasteiger partial charge in [-0.15, -0.1) is 0 Å². The van der Waals surface area contributed by atoms with Crippen LogP contribution in [0.4, 0.5) is 11.4 Å². The maximum atomic E-state index is 12.4. The molecule has 0 saturated carbocycles. The van der Waals surface area contributed by atoms with Crippen molar-refractivity contribution in [2.24, 2.45) is 7.05 Å². The van der Waals surface area contributed by atoms with Gasteiger partial charge in [0.15, 0.2) is 0 Å². The highest BCUT2D eigenvalue weighted by Gasteiger charge is 2.28. The molecule has 128 valence electrons. The van der Waals surface area contributed by atoms with E-state index in [1.807, 2.05) is 18.3 Å². The molecule has 0 atom stereocenters. The van der Waals surface area contributed by atoms with Crippen LogP contribution in [-0.4, -0.2) is 30.4 Å². The van der Waals surface area contributed by atoms with E-state index in [1.54, 1.807) is 43.0 Å². The van der Waals surface area contributed by atoms with Crippen molar-refractivity contribution < 1.29 is 9.72 Å². The number of carbonyl (C=O) groups is 1. The van der Waals surface area contributed by atoms with Crippen molar-refractivity contribution in [3.05, 3.63) is 69.8 Å². The Morgan fingerprint density at radius 2 is 2.16 bits per heavy atom. The summed E-state index contributed by atoms with van der Waals surface area (Å²) in [6.07, 6.45) is 3.53. The predicted octanol–water partition coefficient (Wildman–Crippen LogP) is 2.13. The van der Waals surface area contributed by atoms with Crippen LogP contribution in [-0.2, 0) is 13.6 Å². The van der Waals surface area contributed by atoms with Crippen LogP contribution in [0.5, 0.6) is 0 Å². The van der Waals surface area contributed by atoms with E-state index in [4.69, 9.17) is 0 Å². The second-order valence-electron chi connectivity index (χ2n) is 5.52. The summed E-state index contributed by atoms with van der Waals surface area (Å²) in [6.45, 7) is 2.10. The summed E-state index contributed by atoms with van der Waals surface area (Å²) in [5.41, 5.74) is 1.30. The molecule has 0 saturated heterocycles. The van der Waals surface area contributed by atoms with Crippen LogP contribution in [0.15, 0.2) is 42.7 Å². The van der Waals surface area contributed by atoms with Gasteiger partial charge in [-0.05, 0) is 30.7 Å². The van der Waals surface area contributed by atoms with Crippen LogP contribution in [0, 0.1) is 17.0 Å². The fourth-order valence-electron chi connectivity index (χ4n) is 2.49. The lowest BCUT2D eigenvalue weighted by atomic mass is 10.2. The standard InChI is InChI=1S/C16H16N6O3/c1-11-15(22(24)25)14(19-20(11)2)16(23)18-13-6-3-5-12(9-13)10-21-8-4-7-17-21/h3-9H,10H2,1-2H3,(H,18,23). The van der Waals surface area contributed by atoms with Crippen LogP contribution in [0.3, 0.4) is 0 Å². The molecule has 0 aliphatic rings. The number of carbonyl (C=O) groups excluding carboxylic acids is 1. The van der Waals surface area contributed by atoms with Gasteiger partial charge in [0.05, 0.1) is 11.5 Å². The molecule has 0 radical (unpaired) electrons. The summed E-state index contributed by atoms with van der Waals surface area (Å²) in [4.78, 5) is 23.0. The molecule has 0 aliphatic heterocycles. The van der Waals surface area contributed by atoms with Gasteiger partial charge in [0.2, 0.25) is 5.69 Å². The molecule has 1 N–H and O–H groups in total. The Kier molecular flexibility index (Phi) is 4.29.